The van der Waals surface area contributed by atoms with E-state index in [-0.39, 0.29) is 24.0 Å². The summed E-state index contributed by atoms with van der Waals surface area (Å²) in [6, 6.07) is -1.06. The molecule has 1 atom stereocenters. The molecule has 2 aliphatic heterocycles. The van der Waals surface area contributed by atoms with E-state index in [9.17, 15) is 24.3 Å². The van der Waals surface area contributed by atoms with Crippen LogP contribution in [-0.4, -0.2) is 39.7 Å². The highest BCUT2D eigenvalue weighted by Gasteiger charge is 2.46. The molecule has 1 saturated heterocycles. The number of carbonyl (C=O) groups is 4. The van der Waals surface area contributed by atoms with Crippen LogP contribution < -0.4 is 5.32 Å². The fraction of sp³-hybridized carbons (Fsp3) is 0.286. The second-order valence-electron chi connectivity index (χ2n) is 4.68. The van der Waals surface area contributed by atoms with E-state index in [1.54, 1.807) is 6.92 Å². The molecule has 2 heterocycles. The van der Waals surface area contributed by atoms with E-state index >= 15 is 0 Å². The van der Waals surface area contributed by atoms with E-state index in [0.29, 0.717) is 0 Å². The molecule has 0 radical (unpaired) electrons. The molecule has 2 rings (SSSR count). The fourth-order valence-corrected chi connectivity index (χ4v) is 2.38. The lowest BCUT2D eigenvalue weighted by Gasteiger charge is -2.28. The number of nitrogens with one attached hydrogen (secondary N) is 1. The molecule has 2 N–H and O–H groups in total. The summed E-state index contributed by atoms with van der Waals surface area (Å²) in [5.41, 5.74) is -0.234. The van der Waals surface area contributed by atoms with Crippen LogP contribution in [0.25, 0.3) is 0 Å². The number of hydrogen-bond acceptors (Lipinski definition) is 5. The monoisotopic (exact) mass is 290 g/mol. The van der Waals surface area contributed by atoms with Crippen molar-refractivity contribution < 1.29 is 24.3 Å². The molecule has 0 bridgehead atoms. The van der Waals surface area contributed by atoms with Crippen molar-refractivity contribution in [2.75, 3.05) is 0 Å². The van der Waals surface area contributed by atoms with Gasteiger partial charge in [-0.3, -0.25) is 29.4 Å². The third-order valence-corrected chi connectivity index (χ3v) is 3.29. The summed E-state index contributed by atoms with van der Waals surface area (Å²) in [5, 5.41) is 11.6. The zero-order valence-corrected chi connectivity index (χ0v) is 11.4. The Labute approximate surface area is 120 Å². The van der Waals surface area contributed by atoms with Gasteiger partial charge in [-0.1, -0.05) is 18.7 Å². The molecular formula is C14H14N2O5. The van der Waals surface area contributed by atoms with Gasteiger partial charge in [0.1, 0.15) is 11.8 Å². The van der Waals surface area contributed by atoms with Gasteiger partial charge >= 0.3 is 0 Å². The van der Waals surface area contributed by atoms with Gasteiger partial charge < -0.3 is 5.11 Å². The highest BCUT2D eigenvalue weighted by Crippen LogP contribution is 2.29. The zero-order valence-electron chi connectivity index (χ0n) is 11.4. The van der Waals surface area contributed by atoms with Crippen LogP contribution >= 0.6 is 0 Å². The zero-order chi connectivity index (χ0) is 15.7. The third kappa shape index (κ3) is 2.37. The van der Waals surface area contributed by atoms with Crippen LogP contribution in [0.4, 0.5) is 0 Å². The number of amides is 4. The number of carbonyl (C=O) groups excluding carboxylic acids is 4. The molecule has 0 aromatic heterocycles. The number of aliphatic hydroxyl groups is 1. The minimum Gasteiger partial charge on any atom is -0.508 e. The SMILES string of the molecule is C=C(O)C1=C(/C=C\C)C(=O)N(C2CCC(=O)NC2=O)C1=O. The smallest absolute Gasteiger partial charge is 0.266 e. The molecule has 2 aliphatic rings. The van der Waals surface area contributed by atoms with E-state index in [0.717, 1.165) is 4.90 Å². The van der Waals surface area contributed by atoms with Crippen molar-refractivity contribution in [3.63, 3.8) is 0 Å². The van der Waals surface area contributed by atoms with Crippen molar-refractivity contribution in [1.82, 2.24) is 10.2 Å². The van der Waals surface area contributed by atoms with Crippen LogP contribution in [0.15, 0.2) is 35.6 Å². The van der Waals surface area contributed by atoms with E-state index in [1.807, 2.05) is 0 Å². The van der Waals surface area contributed by atoms with Crippen LogP contribution in [0, 0.1) is 0 Å². The van der Waals surface area contributed by atoms with Crippen LogP contribution in [0.1, 0.15) is 19.8 Å². The number of imide groups is 2. The number of piperidine rings is 1. The molecule has 1 fully saturated rings. The van der Waals surface area contributed by atoms with E-state index in [2.05, 4.69) is 11.9 Å². The molecule has 7 nitrogen and oxygen atoms in total. The Morgan fingerprint density at radius 2 is 2.00 bits per heavy atom. The van der Waals surface area contributed by atoms with Gasteiger partial charge in [0.15, 0.2) is 0 Å². The molecule has 4 amide bonds. The summed E-state index contributed by atoms with van der Waals surface area (Å²) in [4.78, 5) is 48.4. The van der Waals surface area contributed by atoms with Gasteiger partial charge in [-0.2, -0.15) is 0 Å². The topological polar surface area (TPSA) is 104 Å². The van der Waals surface area contributed by atoms with Crippen LogP contribution in [-0.2, 0) is 19.2 Å². The quantitative estimate of drug-likeness (QED) is 0.567. The summed E-state index contributed by atoms with van der Waals surface area (Å²) in [6.45, 7) is 4.92. The molecule has 0 aliphatic carbocycles. The number of hydrogen-bond donors (Lipinski definition) is 2. The Hall–Kier alpha value is -2.70. The number of nitrogens with zero attached hydrogens (tertiary/aromatic N) is 1. The molecule has 1 unspecified atom stereocenters. The first-order valence-electron chi connectivity index (χ1n) is 6.35. The Balaban J connectivity index is 2.39. The Kier molecular flexibility index (Phi) is 3.75. The summed E-state index contributed by atoms with van der Waals surface area (Å²) < 4.78 is 0. The van der Waals surface area contributed by atoms with Gasteiger partial charge in [0, 0.05) is 6.42 Å². The summed E-state index contributed by atoms with van der Waals surface area (Å²) >= 11 is 0. The summed E-state index contributed by atoms with van der Waals surface area (Å²) in [6.07, 6.45) is 3.03. The highest BCUT2D eigenvalue weighted by molar-refractivity contribution is 6.24. The lowest BCUT2D eigenvalue weighted by Crippen LogP contribution is -2.54. The summed E-state index contributed by atoms with van der Waals surface area (Å²) in [7, 11) is 0. The number of allylic oxidation sites excluding steroid dienone is 1. The Morgan fingerprint density at radius 1 is 1.33 bits per heavy atom. The Morgan fingerprint density at radius 3 is 2.52 bits per heavy atom. The molecule has 0 saturated carbocycles. The lowest BCUT2D eigenvalue weighted by atomic mass is 10.0. The lowest BCUT2D eigenvalue weighted by molar-refractivity contribution is -0.150. The van der Waals surface area contributed by atoms with Crippen molar-refractivity contribution in [3.8, 4) is 0 Å². The second-order valence-corrected chi connectivity index (χ2v) is 4.68. The number of aliphatic hydroxyl groups excluding tert-OH is 1. The predicted molar refractivity (Wildman–Crippen MR) is 71.6 cm³/mol. The average Bonchev–Trinajstić information content (AvgIpc) is 2.63. The summed E-state index contributed by atoms with van der Waals surface area (Å²) in [5.74, 6) is -3.13. The largest absolute Gasteiger partial charge is 0.508 e. The van der Waals surface area contributed by atoms with E-state index < -0.39 is 35.4 Å². The Bertz CT molecular complexity index is 629. The standard InChI is InChI=1S/C14H14N2O5/c1-3-4-8-11(7(2)17)14(21)16(13(8)20)9-5-6-10(18)15-12(9)19/h3-4,9,17H,2,5-6H2,1H3,(H,15,18,19)/b4-3-. The van der Waals surface area contributed by atoms with Crippen molar-refractivity contribution in [1.29, 1.82) is 0 Å². The number of rotatable bonds is 3. The fourth-order valence-electron chi connectivity index (χ4n) is 2.38. The molecule has 0 aromatic rings. The van der Waals surface area contributed by atoms with Crippen LogP contribution in [0.2, 0.25) is 0 Å². The first-order valence-corrected chi connectivity index (χ1v) is 6.35. The first kappa shape index (κ1) is 14.7. The first-order chi connectivity index (χ1) is 9.88. The van der Waals surface area contributed by atoms with Crippen LogP contribution in [0.5, 0.6) is 0 Å². The maximum absolute atomic E-state index is 12.3. The van der Waals surface area contributed by atoms with Crippen molar-refractivity contribution in [2.24, 2.45) is 0 Å². The normalized spacial score (nSPS) is 23.3. The van der Waals surface area contributed by atoms with Crippen molar-refractivity contribution in [2.45, 2.75) is 25.8 Å². The predicted octanol–water partition coefficient (Wildman–Crippen LogP) is 0.105. The maximum atomic E-state index is 12.3. The van der Waals surface area contributed by atoms with Gasteiger partial charge in [-0.15, -0.1) is 0 Å². The van der Waals surface area contributed by atoms with Crippen molar-refractivity contribution in [3.05, 3.63) is 35.6 Å². The van der Waals surface area contributed by atoms with Gasteiger partial charge in [-0.25, -0.2) is 0 Å². The minimum atomic E-state index is -1.06. The molecule has 7 heteroatoms. The van der Waals surface area contributed by atoms with Gasteiger partial charge in [0.05, 0.1) is 11.1 Å². The van der Waals surface area contributed by atoms with E-state index in [1.165, 1.54) is 12.2 Å². The van der Waals surface area contributed by atoms with Crippen molar-refractivity contribution >= 4 is 23.6 Å². The van der Waals surface area contributed by atoms with Crippen LogP contribution in [0.3, 0.4) is 0 Å². The highest BCUT2D eigenvalue weighted by atomic mass is 16.3. The van der Waals surface area contributed by atoms with Gasteiger partial charge in [0.25, 0.3) is 11.8 Å². The second kappa shape index (κ2) is 5.35. The average molecular weight is 290 g/mol. The van der Waals surface area contributed by atoms with Gasteiger partial charge in [-0.05, 0) is 13.3 Å². The molecule has 21 heavy (non-hydrogen) atoms. The minimum absolute atomic E-state index is 0.0142. The van der Waals surface area contributed by atoms with Gasteiger partial charge in [0.2, 0.25) is 11.8 Å². The molecular weight excluding hydrogens is 276 g/mol. The molecule has 0 aromatic carbocycles. The molecule has 0 spiro atoms. The maximum Gasteiger partial charge on any atom is 0.266 e. The van der Waals surface area contributed by atoms with E-state index in [4.69, 9.17) is 0 Å². The molecule has 110 valence electrons. The third-order valence-electron chi connectivity index (χ3n) is 3.29.